The SMILES string of the molecule is CNc1ccc(/C=C/C(=O)c2cccc(N3CCCC3=O)c2)cc1[N+](=O)[O-]. The van der Waals surface area contributed by atoms with Gasteiger partial charge in [-0.1, -0.05) is 24.3 Å². The molecule has 2 aromatic rings. The topological polar surface area (TPSA) is 92.6 Å². The molecule has 0 bridgehead atoms. The van der Waals surface area contributed by atoms with E-state index in [9.17, 15) is 19.7 Å². The third-order valence-corrected chi connectivity index (χ3v) is 4.43. The van der Waals surface area contributed by atoms with Crippen molar-refractivity contribution < 1.29 is 14.5 Å². The summed E-state index contributed by atoms with van der Waals surface area (Å²) in [5.74, 6) is -0.170. The molecular weight excluding hydrogens is 346 g/mol. The third kappa shape index (κ3) is 4.03. The molecule has 1 N–H and O–H groups in total. The molecule has 27 heavy (non-hydrogen) atoms. The normalized spacial score (nSPS) is 14.0. The summed E-state index contributed by atoms with van der Waals surface area (Å²) in [6.45, 7) is 0.661. The first-order chi connectivity index (χ1) is 13.0. The van der Waals surface area contributed by atoms with E-state index in [1.54, 1.807) is 48.4 Å². The Hall–Kier alpha value is -3.48. The number of nitrogens with one attached hydrogen (secondary N) is 1. The minimum atomic E-state index is -0.471. The van der Waals surface area contributed by atoms with Gasteiger partial charge in [0.1, 0.15) is 5.69 Å². The van der Waals surface area contributed by atoms with Crippen LogP contribution in [-0.2, 0) is 4.79 Å². The minimum Gasteiger partial charge on any atom is -0.383 e. The van der Waals surface area contributed by atoms with E-state index in [1.807, 2.05) is 6.07 Å². The average molecular weight is 365 g/mol. The van der Waals surface area contributed by atoms with E-state index < -0.39 is 4.92 Å². The maximum Gasteiger partial charge on any atom is 0.292 e. The molecule has 0 spiro atoms. The Morgan fingerprint density at radius 3 is 2.74 bits per heavy atom. The minimum absolute atomic E-state index is 0.0540. The molecule has 7 nitrogen and oxygen atoms in total. The first-order valence-electron chi connectivity index (χ1n) is 8.58. The van der Waals surface area contributed by atoms with E-state index in [0.29, 0.717) is 35.5 Å². The Bertz CT molecular complexity index is 937. The van der Waals surface area contributed by atoms with Gasteiger partial charge in [-0.15, -0.1) is 0 Å². The second-order valence-electron chi connectivity index (χ2n) is 6.18. The second kappa shape index (κ2) is 7.82. The van der Waals surface area contributed by atoms with Gasteiger partial charge in [0.2, 0.25) is 5.91 Å². The molecule has 0 saturated carbocycles. The number of allylic oxidation sites excluding steroid dienone is 1. The zero-order chi connectivity index (χ0) is 19.4. The number of anilines is 2. The van der Waals surface area contributed by atoms with Crippen molar-refractivity contribution in [2.75, 3.05) is 23.8 Å². The Balaban J connectivity index is 1.80. The predicted octanol–water partition coefficient (Wildman–Crippen LogP) is 3.66. The number of hydrogen-bond donors (Lipinski definition) is 1. The number of hydrogen-bond acceptors (Lipinski definition) is 5. The summed E-state index contributed by atoms with van der Waals surface area (Å²) < 4.78 is 0. The van der Waals surface area contributed by atoms with Crippen LogP contribution in [0, 0.1) is 10.1 Å². The van der Waals surface area contributed by atoms with Crippen LogP contribution in [0.1, 0.15) is 28.8 Å². The molecule has 1 saturated heterocycles. The van der Waals surface area contributed by atoms with Gasteiger partial charge in [0.25, 0.3) is 5.69 Å². The molecule has 0 aliphatic carbocycles. The highest BCUT2D eigenvalue weighted by atomic mass is 16.6. The number of benzene rings is 2. The number of rotatable bonds is 6. The lowest BCUT2D eigenvalue weighted by molar-refractivity contribution is -0.384. The lowest BCUT2D eigenvalue weighted by Crippen LogP contribution is -2.23. The Labute approximate surface area is 156 Å². The maximum atomic E-state index is 12.5. The van der Waals surface area contributed by atoms with Gasteiger partial charge in [-0.2, -0.15) is 0 Å². The van der Waals surface area contributed by atoms with Crippen molar-refractivity contribution in [2.45, 2.75) is 12.8 Å². The van der Waals surface area contributed by atoms with Crippen molar-refractivity contribution >= 4 is 34.8 Å². The second-order valence-corrected chi connectivity index (χ2v) is 6.18. The van der Waals surface area contributed by atoms with Crippen LogP contribution in [0.5, 0.6) is 0 Å². The molecule has 2 aromatic carbocycles. The quantitative estimate of drug-likeness (QED) is 0.365. The van der Waals surface area contributed by atoms with Crippen molar-refractivity contribution in [1.29, 1.82) is 0 Å². The van der Waals surface area contributed by atoms with Crippen molar-refractivity contribution in [3.63, 3.8) is 0 Å². The van der Waals surface area contributed by atoms with Gasteiger partial charge in [-0.05, 0) is 36.3 Å². The van der Waals surface area contributed by atoms with Crippen LogP contribution >= 0.6 is 0 Å². The summed E-state index contributed by atoms with van der Waals surface area (Å²) in [7, 11) is 1.61. The summed E-state index contributed by atoms with van der Waals surface area (Å²) in [5, 5.41) is 13.9. The fraction of sp³-hybridized carbons (Fsp3) is 0.200. The Morgan fingerprint density at radius 1 is 1.26 bits per heavy atom. The summed E-state index contributed by atoms with van der Waals surface area (Å²) in [4.78, 5) is 36.7. The number of carbonyl (C=O) groups excluding carboxylic acids is 2. The monoisotopic (exact) mass is 365 g/mol. The van der Waals surface area contributed by atoms with Gasteiger partial charge in [0, 0.05) is 37.3 Å². The summed E-state index contributed by atoms with van der Waals surface area (Å²) in [6, 6.07) is 11.6. The Morgan fingerprint density at radius 2 is 2.07 bits per heavy atom. The van der Waals surface area contributed by atoms with Crippen LogP contribution < -0.4 is 10.2 Å². The number of nitro groups is 1. The molecule has 1 fully saturated rings. The fourth-order valence-electron chi connectivity index (χ4n) is 3.03. The maximum absolute atomic E-state index is 12.5. The standard InChI is InChI=1S/C20H19N3O4/c1-21-17-9-7-14(12-18(17)23(26)27)8-10-19(24)15-4-2-5-16(13-15)22-11-3-6-20(22)25/h2,4-5,7-10,12-13,21H,3,6,11H2,1H3/b10-8+. The molecule has 0 radical (unpaired) electrons. The van der Waals surface area contributed by atoms with Gasteiger partial charge >= 0.3 is 0 Å². The molecule has 1 heterocycles. The van der Waals surface area contributed by atoms with Gasteiger partial charge in [-0.3, -0.25) is 19.7 Å². The zero-order valence-corrected chi connectivity index (χ0v) is 14.8. The average Bonchev–Trinajstić information content (AvgIpc) is 3.11. The third-order valence-electron chi connectivity index (χ3n) is 4.43. The van der Waals surface area contributed by atoms with Crippen LogP contribution in [0.3, 0.4) is 0 Å². The van der Waals surface area contributed by atoms with E-state index in [0.717, 1.165) is 6.42 Å². The lowest BCUT2D eigenvalue weighted by Gasteiger charge is -2.16. The highest BCUT2D eigenvalue weighted by Crippen LogP contribution is 2.26. The number of amides is 1. The van der Waals surface area contributed by atoms with Crippen LogP contribution in [0.25, 0.3) is 6.08 Å². The smallest absolute Gasteiger partial charge is 0.292 e. The number of nitro benzene ring substituents is 1. The summed E-state index contributed by atoms with van der Waals surface area (Å²) >= 11 is 0. The van der Waals surface area contributed by atoms with Crippen molar-refractivity contribution in [3.8, 4) is 0 Å². The molecule has 0 atom stereocenters. The van der Waals surface area contributed by atoms with E-state index in [-0.39, 0.29) is 17.4 Å². The molecule has 3 rings (SSSR count). The van der Waals surface area contributed by atoms with Crippen LogP contribution in [0.4, 0.5) is 17.1 Å². The summed E-state index contributed by atoms with van der Waals surface area (Å²) in [6.07, 6.45) is 4.27. The number of nitrogens with zero attached hydrogens (tertiary/aromatic N) is 2. The highest BCUT2D eigenvalue weighted by Gasteiger charge is 2.22. The molecule has 1 aliphatic rings. The molecule has 7 heteroatoms. The highest BCUT2D eigenvalue weighted by molar-refractivity contribution is 6.08. The van der Waals surface area contributed by atoms with Gasteiger partial charge in [-0.25, -0.2) is 0 Å². The molecule has 0 aromatic heterocycles. The number of ketones is 1. The van der Waals surface area contributed by atoms with E-state index in [2.05, 4.69) is 5.32 Å². The molecule has 1 aliphatic heterocycles. The summed E-state index contributed by atoms with van der Waals surface area (Å²) in [5.41, 5.74) is 2.09. The van der Waals surface area contributed by atoms with Crippen molar-refractivity contribution in [1.82, 2.24) is 0 Å². The van der Waals surface area contributed by atoms with Crippen LogP contribution in [0.2, 0.25) is 0 Å². The zero-order valence-electron chi connectivity index (χ0n) is 14.8. The molecular formula is C20H19N3O4. The lowest BCUT2D eigenvalue weighted by atomic mass is 10.1. The van der Waals surface area contributed by atoms with E-state index in [4.69, 9.17) is 0 Å². The van der Waals surface area contributed by atoms with Crippen molar-refractivity contribution in [2.24, 2.45) is 0 Å². The van der Waals surface area contributed by atoms with Gasteiger partial charge in [0.15, 0.2) is 5.78 Å². The van der Waals surface area contributed by atoms with Crippen LogP contribution in [-0.4, -0.2) is 30.2 Å². The molecule has 0 unspecified atom stereocenters. The molecule has 1 amide bonds. The first-order valence-corrected chi connectivity index (χ1v) is 8.58. The predicted molar refractivity (Wildman–Crippen MR) is 104 cm³/mol. The van der Waals surface area contributed by atoms with Gasteiger partial charge in [0.05, 0.1) is 4.92 Å². The fourth-order valence-corrected chi connectivity index (χ4v) is 3.03. The molecule has 138 valence electrons. The first kappa shape index (κ1) is 18.3. The number of carbonyl (C=O) groups is 2. The Kier molecular flexibility index (Phi) is 5.30. The van der Waals surface area contributed by atoms with Crippen LogP contribution in [0.15, 0.2) is 48.5 Å². The largest absolute Gasteiger partial charge is 0.383 e. The van der Waals surface area contributed by atoms with Crippen molar-refractivity contribution in [3.05, 3.63) is 69.8 Å². The van der Waals surface area contributed by atoms with Gasteiger partial charge < -0.3 is 10.2 Å². The van der Waals surface area contributed by atoms with E-state index >= 15 is 0 Å². The van der Waals surface area contributed by atoms with E-state index in [1.165, 1.54) is 12.1 Å².